The van der Waals surface area contributed by atoms with Gasteiger partial charge in [0, 0.05) is 12.2 Å². The van der Waals surface area contributed by atoms with E-state index in [9.17, 15) is 29.1 Å². The van der Waals surface area contributed by atoms with Crippen molar-refractivity contribution in [2.45, 2.75) is 57.3 Å². The highest BCUT2D eigenvalue weighted by molar-refractivity contribution is 7.80. The second kappa shape index (κ2) is 14.2. The van der Waals surface area contributed by atoms with Gasteiger partial charge < -0.3 is 32.5 Å². The zero-order valence-electron chi connectivity index (χ0n) is 19.2. The van der Waals surface area contributed by atoms with Crippen molar-refractivity contribution in [2.24, 2.45) is 17.4 Å². The van der Waals surface area contributed by atoms with Crippen LogP contribution in [0.25, 0.3) is 0 Å². The molecule has 0 saturated heterocycles. The topological polar surface area (TPSA) is 194 Å². The van der Waals surface area contributed by atoms with Gasteiger partial charge in [-0.05, 0) is 24.3 Å². The van der Waals surface area contributed by atoms with Crippen molar-refractivity contribution in [1.29, 1.82) is 0 Å². The van der Waals surface area contributed by atoms with Gasteiger partial charge in [-0.1, -0.05) is 44.2 Å². The van der Waals surface area contributed by atoms with Gasteiger partial charge in [0.1, 0.15) is 18.1 Å². The number of carboxylic acid groups (broad SMARTS) is 1. The van der Waals surface area contributed by atoms with Gasteiger partial charge in [-0.25, -0.2) is 4.79 Å². The van der Waals surface area contributed by atoms with E-state index in [-0.39, 0.29) is 25.0 Å². The van der Waals surface area contributed by atoms with Gasteiger partial charge >= 0.3 is 5.97 Å². The molecule has 34 heavy (non-hydrogen) atoms. The Labute approximate surface area is 203 Å². The van der Waals surface area contributed by atoms with Crippen LogP contribution in [-0.2, 0) is 30.4 Å². The lowest BCUT2D eigenvalue weighted by Gasteiger charge is -2.26. The number of aliphatic carboxylic acids is 1. The predicted octanol–water partition coefficient (Wildman–Crippen LogP) is -1.05. The third-order valence-electron chi connectivity index (χ3n) is 4.99. The van der Waals surface area contributed by atoms with Crippen molar-refractivity contribution in [2.75, 3.05) is 5.75 Å². The zero-order chi connectivity index (χ0) is 25.8. The van der Waals surface area contributed by atoms with E-state index in [4.69, 9.17) is 11.5 Å². The quantitative estimate of drug-likeness (QED) is 0.160. The third kappa shape index (κ3) is 9.79. The van der Waals surface area contributed by atoms with Gasteiger partial charge in [0.15, 0.2) is 0 Å². The highest BCUT2D eigenvalue weighted by Gasteiger charge is 2.31. The fourth-order valence-corrected chi connectivity index (χ4v) is 3.28. The van der Waals surface area contributed by atoms with Gasteiger partial charge in [-0.15, -0.1) is 0 Å². The number of hydrogen-bond acceptors (Lipinski definition) is 7. The number of primary amides is 1. The SMILES string of the molecule is CC(C)C(NC(=O)C(CS)NC(=O)C(N)Cc1ccccc1)C(=O)NC(CCC(N)=O)C(=O)O. The van der Waals surface area contributed by atoms with Crippen LogP contribution in [-0.4, -0.2) is 64.6 Å². The molecule has 0 aromatic heterocycles. The van der Waals surface area contributed by atoms with Gasteiger partial charge in [0.2, 0.25) is 23.6 Å². The molecular weight excluding hydrogens is 462 g/mol. The fraction of sp³-hybridized carbons (Fsp3) is 0.500. The van der Waals surface area contributed by atoms with Crippen LogP contribution in [0.15, 0.2) is 30.3 Å². The first kappa shape index (κ1) is 28.9. The molecule has 0 aliphatic heterocycles. The first-order valence-electron chi connectivity index (χ1n) is 10.8. The highest BCUT2D eigenvalue weighted by atomic mass is 32.1. The van der Waals surface area contributed by atoms with E-state index in [1.807, 2.05) is 30.3 Å². The Hall–Kier alpha value is -3.12. The molecule has 0 heterocycles. The van der Waals surface area contributed by atoms with E-state index in [0.717, 1.165) is 5.56 Å². The minimum atomic E-state index is -1.35. The monoisotopic (exact) mass is 495 g/mol. The van der Waals surface area contributed by atoms with Gasteiger partial charge in [-0.3, -0.25) is 19.2 Å². The van der Waals surface area contributed by atoms with E-state index >= 15 is 0 Å². The number of amides is 4. The summed E-state index contributed by atoms with van der Waals surface area (Å²) in [6.45, 7) is 3.32. The van der Waals surface area contributed by atoms with Crippen LogP contribution < -0.4 is 27.4 Å². The summed E-state index contributed by atoms with van der Waals surface area (Å²) in [5.41, 5.74) is 11.9. The summed E-state index contributed by atoms with van der Waals surface area (Å²) in [5, 5.41) is 16.7. The molecule has 0 aliphatic rings. The number of hydrogen-bond donors (Lipinski definition) is 7. The molecule has 0 bridgehead atoms. The van der Waals surface area contributed by atoms with Crippen molar-refractivity contribution in [3.63, 3.8) is 0 Å². The Balaban J connectivity index is 2.79. The molecule has 0 radical (unpaired) electrons. The minimum Gasteiger partial charge on any atom is -0.480 e. The normalized spacial score (nSPS) is 14.4. The molecule has 4 atom stereocenters. The largest absolute Gasteiger partial charge is 0.480 e. The number of carboxylic acids is 1. The van der Waals surface area contributed by atoms with Gasteiger partial charge in [-0.2, -0.15) is 12.6 Å². The summed E-state index contributed by atoms with van der Waals surface area (Å²) < 4.78 is 0. The molecule has 1 aromatic carbocycles. The van der Waals surface area contributed by atoms with Crippen LogP contribution in [0, 0.1) is 5.92 Å². The molecule has 8 N–H and O–H groups in total. The highest BCUT2D eigenvalue weighted by Crippen LogP contribution is 2.07. The molecule has 4 amide bonds. The smallest absolute Gasteiger partial charge is 0.326 e. The van der Waals surface area contributed by atoms with E-state index in [2.05, 4.69) is 28.6 Å². The zero-order valence-corrected chi connectivity index (χ0v) is 20.1. The third-order valence-corrected chi connectivity index (χ3v) is 5.36. The van der Waals surface area contributed by atoms with Crippen LogP contribution in [0.1, 0.15) is 32.3 Å². The van der Waals surface area contributed by atoms with Gasteiger partial charge in [0.25, 0.3) is 0 Å². The molecular formula is C22H33N5O6S. The lowest BCUT2D eigenvalue weighted by molar-refractivity contribution is -0.143. The summed E-state index contributed by atoms with van der Waals surface area (Å²) >= 11 is 4.11. The number of nitrogens with one attached hydrogen (secondary N) is 3. The van der Waals surface area contributed by atoms with Crippen LogP contribution in [0.4, 0.5) is 0 Å². The summed E-state index contributed by atoms with van der Waals surface area (Å²) in [6.07, 6.45) is -0.150. The second-order valence-electron chi connectivity index (χ2n) is 8.17. The molecule has 1 rings (SSSR count). The second-order valence-corrected chi connectivity index (χ2v) is 8.54. The van der Waals surface area contributed by atoms with E-state index in [1.165, 1.54) is 0 Å². The summed E-state index contributed by atoms with van der Waals surface area (Å²) in [6, 6.07) is 4.72. The molecule has 1 aromatic rings. The molecule has 0 spiro atoms. The minimum absolute atomic E-state index is 0.0571. The molecule has 0 aliphatic carbocycles. The van der Waals surface area contributed by atoms with E-state index in [0.29, 0.717) is 0 Å². The van der Waals surface area contributed by atoms with Crippen molar-refractivity contribution in [1.82, 2.24) is 16.0 Å². The predicted molar refractivity (Wildman–Crippen MR) is 129 cm³/mol. The summed E-state index contributed by atoms with van der Waals surface area (Å²) in [5.74, 6) is -4.48. The molecule has 11 nitrogen and oxygen atoms in total. The number of benzene rings is 1. The standard InChI is InChI=1S/C22H33N5O6S/c1-12(2)18(21(31)25-15(22(32)33)8-9-17(24)28)27-20(30)16(11-34)26-19(29)14(23)10-13-6-4-3-5-7-13/h3-7,12,14-16,18,34H,8-11,23H2,1-2H3,(H2,24,28)(H,25,31)(H,26,29)(H,27,30)(H,32,33). The lowest BCUT2D eigenvalue weighted by atomic mass is 10.0. The van der Waals surface area contributed by atoms with Crippen LogP contribution in [0.2, 0.25) is 0 Å². The van der Waals surface area contributed by atoms with Crippen molar-refractivity contribution in [3.8, 4) is 0 Å². The molecule has 4 unspecified atom stereocenters. The first-order valence-corrected chi connectivity index (χ1v) is 11.4. The average Bonchev–Trinajstić information content (AvgIpc) is 2.77. The van der Waals surface area contributed by atoms with Gasteiger partial charge in [0.05, 0.1) is 6.04 Å². The summed E-state index contributed by atoms with van der Waals surface area (Å²) in [4.78, 5) is 60.3. The fourth-order valence-electron chi connectivity index (χ4n) is 3.03. The maximum atomic E-state index is 12.8. The Morgan fingerprint density at radius 2 is 1.53 bits per heavy atom. The molecule has 0 fully saturated rings. The summed E-state index contributed by atoms with van der Waals surface area (Å²) in [7, 11) is 0. The number of carbonyl (C=O) groups excluding carboxylic acids is 4. The molecule has 0 saturated carbocycles. The molecule has 12 heteroatoms. The van der Waals surface area contributed by atoms with E-state index in [1.54, 1.807) is 13.8 Å². The Kier molecular flexibility index (Phi) is 12.1. The molecule has 188 valence electrons. The van der Waals surface area contributed by atoms with Crippen molar-refractivity contribution in [3.05, 3.63) is 35.9 Å². The van der Waals surface area contributed by atoms with E-state index < -0.39 is 59.7 Å². The maximum Gasteiger partial charge on any atom is 0.326 e. The Bertz CT molecular complexity index is 867. The van der Waals surface area contributed by atoms with Crippen LogP contribution in [0.5, 0.6) is 0 Å². The van der Waals surface area contributed by atoms with Crippen LogP contribution >= 0.6 is 12.6 Å². The lowest BCUT2D eigenvalue weighted by Crippen LogP contribution is -2.59. The number of nitrogens with two attached hydrogens (primary N) is 2. The van der Waals surface area contributed by atoms with Crippen molar-refractivity contribution < 1.29 is 29.1 Å². The number of carbonyl (C=O) groups is 5. The van der Waals surface area contributed by atoms with Crippen LogP contribution in [0.3, 0.4) is 0 Å². The maximum absolute atomic E-state index is 12.8. The number of thiol groups is 1. The van der Waals surface area contributed by atoms with Crippen molar-refractivity contribution >= 4 is 42.2 Å². The number of rotatable bonds is 14. The average molecular weight is 496 g/mol. The first-order chi connectivity index (χ1) is 16.0. The Morgan fingerprint density at radius 3 is 2.03 bits per heavy atom. The Morgan fingerprint density at radius 1 is 0.941 bits per heavy atom.